The standard InChI is InChI=1S/C9H12ClN3O4/c1-17-5-6(14)4-11-9-7(13(15)16)2-3-8(10)12-9/h2-3,6,14H,4-5H2,1H3,(H,11,12). The zero-order valence-electron chi connectivity index (χ0n) is 9.09. The molecule has 0 saturated heterocycles. The maximum Gasteiger partial charge on any atom is 0.311 e. The van der Waals surface area contributed by atoms with Gasteiger partial charge in [-0.25, -0.2) is 4.98 Å². The maximum absolute atomic E-state index is 10.7. The average Bonchev–Trinajstić information content (AvgIpc) is 2.26. The minimum atomic E-state index is -0.777. The van der Waals surface area contributed by atoms with Gasteiger partial charge in [0.1, 0.15) is 5.15 Å². The molecule has 1 aromatic rings. The largest absolute Gasteiger partial charge is 0.389 e. The van der Waals surface area contributed by atoms with E-state index in [4.69, 9.17) is 16.3 Å². The van der Waals surface area contributed by atoms with Crippen LogP contribution in [0.25, 0.3) is 0 Å². The van der Waals surface area contributed by atoms with E-state index in [-0.39, 0.29) is 29.8 Å². The molecule has 17 heavy (non-hydrogen) atoms. The van der Waals surface area contributed by atoms with Crippen LogP contribution in [0.4, 0.5) is 11.5 Å². The van der Waals surface area contributed by atoms with Crippen molar-refractivity contribution in [2.45, 2.75) is 6.10 Å². The predicted molar refractivity (Wildman–Crippen MR) is 62.3 cm³/mol. The molecule has 0 bridgehead atoms. The summed E-state index contributed by atoms with van der Waals surface area (Å²) in [6.07, 6.45) is -0.777. The third kappa shape index (κ3) is 4.14. The molecule has 0 aromatic carbocycles. The van der Waals surface area contributed by atoms with E-state index in [1.807, 2.05) is 0 Å². The molecule has 8 heteroatoms. The number of anilines is 1. The zero-order chi connectivity index (χ0) is 12.8. The first-order valence-corrected chi connectivity index (χ1v) is 5.14. The van der Waals surface area contributed by atoms with Crippen LogP contribution in [0.2, 0.25) is 5.15 Å². The fourth-order valence-corrected chi connectivity index (χ4v) is 1.32. The van der Waals surface area contributed by atoms with Gasteiger partial charge in [-0.05, 0) is 6.07 Å². The summed E-state index contributed by atoms with van der Waals surface area (Å²) in [6.45, 7) is 0.212. The fraction of sp³-hybridized carbons (Fsp3) is 0.444. The van der Waals surface area contributed by atoms with Crippen molar-refractivity contribution in [3.8, 4) is 0 Å². The summed E-state index contributed by atoms with van der Waals surface area (Å²) in [6, 6.07) is 2.58. The Labute approximate surface area is 103 Å². The molecule has 7 nitrogen and oxygen atoms in total. The van der Waals surface area contributed by atoms with Gasteiger partial charge < -0.3 is 15.2 Å². The molecule has 0 spiro atoms. The number of nitrogens with zero attached hydrogens (tertiary/aromatic N) is 2. The van der Waals surface area contributed by atoms with E-state index >= 15 is 0 Å². The SMILES string of the molecule is COCC(O)CNc1nc(Cl)ccc1[N+](=O)[O-]. The molecule has 0 radical (unpaired) electrons. The molecule has 1 heterocycles. The highest BCUT2D eigenvalue weighted by Gasteiger charge is 2.16. The van der Waals surface area contributed by atoms with Gasteiger partial charge in [-0.3, -0.25) is 10.1 Å². The van der Waals surface area contributed by atoms with E-state index in [1.165, 1.54) is 19.2 Å². The van der Waals surface area contributed by atoms with E-state index in [0.717, 1.165) is 0 Å². The summed E-state index contributed by atoms with van der Waals surface area (Å²) in [4.78, 5) is 13.9. The van der Waals surface area contributed by atoms with Crippen LogP contribution >= 0.6 is 11.6 Å². The number of pyridine rings is 1. The van der Waals surface area contributed by atoms with Gasteiger partial charge >= 0.3 is 5.69 Å². The lowest BCUT2D eigenvalue weighted by atomic mass is 10.3. The second-order valence-corrected chi connectivity index (χ2v) is 3.64. The van der Waals surface area contributed by atoms with Gasteiger partial charge in [0.05, 0.1) is 17.6 Å². The average molecular weight is 262 g/mol. The highest BCUT2D eigenvalue weighted by atomic mass is 35.5. The van der Waals surface area contributed by atoms with Gasteiger partial charge in [-0.15, -0.1) is 0 Å². The van der Waals surface area contributed by atoms with Crippen LogP contribution in [-0.4, -0.2) is 41.4 Å². The number of halogens is 1. The van der Waals surface area contributed by atoms with Crippen LogP contribution in [0.5, 0.6) is 0 Å². The monoisotopic (exact) mass is 261 g/mol. The molecule has 0 aliphatic carbocycles. The highest BCUT2D eigenvalue weighted by Crippen LogP contribution is 2.23. The van der Waals surface area contributed by atoms with Gasteiger partial charge in [0.25, 0.3) is 0 Å². The first-order valence-electron chi connectivity index (χ1n) is 4.76. The van der Waals surface area contributed by atoms with Crippen molar-refractivity contribution in [2.24, 2.45) is 0 Å². The van der Waals surface area contributed by atoms with Gasteiger partial charge in [-0.2, -0.15) is 0 Å². The maximum atomic E-state index is 10.7. The first-order chi connectivity index (χ1) is 8.04. The van der Waals surface area contributed by atoms with Crippen LogP contribution in [0.1, 0.15) is 0 Å². The summed E-state index contributed by atoms with van der Waals surface area (Å²) >= 11 is 5.64. The number of aliphatic hydroxyl groups is 1. The van der Waals surface area contributed by atoms with Crippen molar-refractivity contribution >= 4 is 23.1 Å². The summed E-state index contributed by atoms with van der Waals surface area (Å²) < 4.78 is 4.72. The smallest absolute Gasteiger partial charge is 0.311 e. The number of nitro groups is 1. The molecule has 0 amide bonds. The van der Waals surface area contributed by atoms with E-state index in [2.05, 4.69) is 10.3 Å². The van der Waals surface area contributed by atoms with Gasteiger partial charge in [0, 0.05) is 19.7 Å². The van der Waals surface area contributed by atoms with E-state index in [9.17, 15) is 15.2 Å². The van der Waals surface area contributed by atoms with Crippen molar-refractivity contribution in [1.82, 2.24) is 4.98 Å². The number of aromatic nitrogens is 1. The lowest BCUT2D eigenvalue weighted by molar-refractivity contribution is -0.384. The molecule has 1 aromatic heterocycles. The summed E-state index contributed by atoms with van der Waals surface area (Å²) in [7, 11) is 1.45. The molecular formula is C9H12ClN3O4. The minimum absolute atomic E-state index is 0.0256. The molecule has 0 fully saturated rings. The van der Waals surface area contributed by atoms with Crippen molar-refractivity contribution < 1.29 is 14.8 Å². The number of hydrogen-bond donors (Lipinski definition) is 2. The third-order valence-electron chi connectivity index (χ3n) is 1.90. The lowest BCUT2D eigenvalue weighted by Gasteiger charge is -2.11. The Morgan fingerprint density at radius 2 is 2.41 bits per heavy atom. The number of methoxy groups -OCH3 is 1. The second-order valence-electron chi connectivity index (χ2n) is 3.25. The molecular weight excluding hydrogens is 250 g/mol. The molecule has 1 rings (SSSR count). The Morgan fingerprint density at radius 3 is 3.00 bits per heavy atom. The Hall–Kier alpha value is -1.44. The minimum Gasteiger partial charge on any atom is -0.389 e. The Kier molecular flexibility index (Phi) is 5.08. The van der Waals surface area contributed by atoms with Crippen molar-refractivity contribution in [3.05, 3.63) is 27.4 Å². The molecule has 1 atom stereocenters. The number of nitrogens with one attached hydrogen (secondary N) is 1. The van der Waals surface area contributed by atoms with Crippen molar-refractivity contribution in [1.29, 1.82) is 0 Å². The Balaban J connectivity index is 2.75. The van der Waals surface area contributed by atoms with Crippen LogP contribution in [-0.2, 0) is 4.74 Å². The molecule has 0 aliphatic heterocycles. The Morgan fingerprint density at radius 1 is 1.71 bits per heavy atom. The molecule has 0 aliphatic rings. The third-order valence-corrected chi connectivity index (χ3v) is 2.11. The zero-order valence-corrected chi connectivity index (χ0v) is 9.85. The number of aliphatic hydroxyl groups excluding tert-OH is 1. The van der Waals surface area contributed by atoms with Crippen molar-refractivity contribution in [3.63, 3.8) is 0 Å². The summed E-state index contributed by atoms with van der Waals surface area (Å²) in [5.41, 5.74) is -0.195. The molecule has 0 saturated carbocycles. The van der Waals surface area contributed by atoms with E-state index in [1.54, 1.807) is 0 Å². The second kappa shape index (κ2) is 6.33. The van der Waals surface area contributed by atoms with Crippen molar-refractivity contribution in [2.75, 3.05) is 25.6 Å². The van der Waals surface area contributed by atoms with Gasteiger partial charge in [0.15, 0.2) is 0 Å². The number of rotatable bonds is 6. The van der Waals surface area contributed by atoms with Crippen LogP contribution < -0.4 is 5.32 Å². The number of hydrogen-bond acceptors (Lipinski definition) is 6. The quantitative estimate of drug-likeness (QED) is 0.451. The predicted octanol–water partition coefficient (Wildman–Crippen LogP) is 1.06. The highest BCUT2D eigenvalue weighted by molar-refractivity contribution is 6.29. The Bertz CT molecular complexity index is 402. The van der Waals surface area contributed by atoms with Crippen LogP contribution in [0.15, 0.2) is 12.1 Å². The lowest BCUT2D eigenvalue weighted by Crippen LogP contribution is -2.24. The van der Waals surface area contributed by atoms with Crippen LogP contribution in [0, 0.1) is 10.1 Å². The number of ether oxygens (including phenoxy) is 1. The van der Waals surface area contributed by atoms with E-state index < -0.39 is 11.0 Å². The topological polar surface area (TPSA) is 97.5 Å². The summed E-state index contributed by atoms with van der Waals surface area (Å²) in [5.74, 6) is 0.0256. The molecule has 94 valence electrons. The van der Waals surface area contributed by atoms with E-state index in [0.29, 0.717) is 0 Å². The summed E-state index contributed by atoms with van der Waals surface area (Å²) in [5, 5.41) is 22.9. The van der Waals surface area contributed by atoms with Crippen LogP contribution in [0.3, 0.4) is 0 Å². The first kappa shape index (κ1) is 13.6. The molecule has 2 N–H and O–H groups in total. The fourth-order valence-electron chi connectivity index (χ4n) is 1.17. The van der Waals surface area contributed by atoms with Gasteiger partial charge in [-0.1, -0.05) is 11.6 Å². The normalized spacial score (nSPS) is 12.2. The molecule has 1 unspecified atom stereocenters. The van der Waals surface area contributed by atoms with Gasteiger partial charge in [0.2, 0.25) is 5.82 Å².